The van der Waals surface area contributed by atoms with Crippen LogP contribution in [-0.2, 0) is 0 Å². The van der Waals surface area contributed by atoms with Crippen LogP contribution in [0.2, 0.25) is 0 Å². The molecule has 137 valence electrons. The Morgan fingerprint density at radius 1 is 0.609 bits per heavy atom. The van der Waals surface area contributed by atoms with Crippen molar-refractivity contribution in [3.05, 3.63) is 6.42 Å². The van der Waals surface area contributed by atoms with Gasteiger partial charge in [-0.05, 0) is 31.7 Å². The van der Waals surface area contributed by atoms with E-state index in [2.05, 4.69) is 6.42 Å². The van der Waals surface area contributed by atoms with Crippen LogP contribution >= 0.6 is 0 Å². The highest BCUT2D eigenvalue weighted by atomic mass is 14.5. The van der Waals surface area contributed by atoms with Crippen LogP contribution < -0.4 is 5.73 Å². The molecule has 2 N–H and O–H groups in total. The van der Waals surface area contributed by atoms with Crippen molar-refractivity contribution in [1.82, 2.24) is 0 Å². The van der Waals surface area contributed by atoms with E-state index in [9.17, 15) is 0 Å². The molecule has 1 aliphatic rings. The number of unbranched alkanes of at least 4 members (excludes halogenated alkanes) is 3. The molecule has 0 aromatic rings. The molecule has 0 heterocycles. The molecule has 1 nitrogen and oxygen atoms in total. The molecular formula is C22H44N. The molecule has 1 unspecified atom stereocenters. The first-order chi connectivity index (χ1) is 11.4. The summed E-state index contributed by atoms with van der Waals surface area (Å²) in [4.78, 5) is 0. The Labute approximate surface area is 147 Å². The lowest BCUT2D eigenvalue weighted by Crippen LogP contribution is -2.02. The molecule has 0 aromatic carbocycles. The van der Waals surface area contributed by atoms with Crippen molar-refractivity contribution in [2.75, 3.05) is 6.54 Å². The standard InChI is InChI=1S/C22H44N/c23-21-17-13-12-16-20-22-18-14-10-8-6-4-2-1-3-5-7-9-11-15-19-22/h10,22H,1-9,11-21,23H2. The zero-order valence-electron chi connectivity index (χ0n) is 15.9. The Kier molecular flexibility index (Phi) is 15.3. The third-order valence-corrected chi connectivity index (χ3v) is 5.62. The van der Waals surface area contributed by atoms with Crippen LogP contribution in [0.5, 0.6) is 0 Å². The second kappa shape index (κ2) is 16.8. The second-order valence-electron chi connectivity index (χ2n) is 7.84. The molecule has 1 rings (SSSR count). The van der Waals surface area contributed by atoms with Crippen molar-refractivity contribution in [2.45, 2.75) is 122 Å². The molecule has 0 saturated heterocycles. The summed E-state index contributed by atoms with van der Waals surface area (Å²) in [6, 6.07) is 0. The van der Waals surface area contributed by atoms with E-state index in [0.717, 1.165) is 12.5 Å². The van der Waals surface area contributed by atoms with Gasteiger partial charge in [-0.2, -0.15) is 0 Å². The summed E-state index contributed by atoms with van der Waals surface area (Å²) in [5, 5.41) is 0. The molecule has 23 heavy (non-hydrogen) atoms. The van der Waals surface area contributed by atoms with Gasteiger partial charge in [0.05, 0.1) is 0 Å². The van der Waals surface area contributed by atoms with Crippen LogP contribution in [0.4, 0.5) is 0 Å². The molecule has 1 aliphatic carbocycles. The van der Waals surface area contributed by atoms with Crippen molar-refractivity contribution in [1.29, 1.82) is 0 Å². The maximum atomic E-state index is 5.59. The third-order valence-electron chi connectivity index (χ3n) is 5.62. The lowest BCUT2D eigenvalue weighted by molar-refractivity contribution is 0.377. The summed E-state index contributed by atoms with van der Waals surface area (Å²) in [6.07, 6.45) is 29.9. The van der Waals surface area contributed by atoms with E-state index in [1.165, 1.54) is 122 Å². The highest BCUT2D eigenvalue weighted by Gasteiger charge is 2.09. The van der Waals surface area contributed by atoms with Crippen LogP contribution in [0.3, 0.4) is 0 Å². The van der Waals surface area contributed by atoms with E-state index in [-0.39, 0.29) is 0 Å². The normalized spacial score (nSPS) is 21.3. The van der Waals surface area contributed by atoms with Gasteiger partial charge in [-0.3, -0.25) is 0 Å². The number of rotatable bonds is 6. The maximum Gasteiger partial charge on any atom is -0.00773 e. The summed E-state index contributed by atoms with van der Waals surface area (Å²) < 4.78 is 0. The van der Waals surface area contributed by atoms with Crippen molar-refractivity contribution >= 4 is 0 Å². The van der Waals surface area contributed by atoms with E-state index in [0.29, 0.717) is 0 Å². The van der Waals surface area contributed by atoms with Crippen molar-refractivity contribution in [3.63, 3.8) is 0 Å². The molecule has 1 atom stereocenters. The summed E-state index contributed by atoms with van der Waals surface area (Å²) in [6.45, 7) is 0.873. The van der Waals surface area contributed by atoms with Gasteiger partial charge in [0.25, 0.3) is 0 Å². The number of hydrogen-bond acceptors (Lipinski definition) is 1. The van der Waals surface area contributed by atoms with Crippen LogP contribution in [0.1, 0.15) is 122 Å². The van der Waals surface area contributed by atoms with E-state index in [1.807, 2.05) is 0 Å². The zero-order chi connectivity index (χ0) is 16.4. The van der Waals surface area contributed by atoms with Crippen molar-refractivity contribution in [3.8, 4) is 0 Å². The summed E-state index contributed by atoms with van der Waals surface area (Å²) in [5.74, 6) is 0.997. The van der Waals surface area contributed by atoms with Crippen LogP contribution in [-0.4, -0.2) is 6.54 Å². The van der Waals surface area contributed by atoms with Crippen LogP contribution in [0.25, 0.3) is 0 Å². The Morgan fingerprint density at radius 3 is 1.91 bits per heavy atom. The Hall–Kier alpha value is -0.0400. The fourth-order valence-electron chi connectivity index (χ4n) is 4.00. The molecule has 0 amide bonds. The van der Waals surface area contributed by atoms with Gasteiger partial charge in [0.2, 0.25) is 0 Å². The Bertz CT molecular complexity index is 210. The average Bonchev–Trinajstić information content (AvgIpc) is 2.56. The monoisotopic (exact) mass is 322 g/mol. The highest BCUT2D eigenvalue weighted by Crippen LogP contribution is 2.24. The smallest absolute Gasteiger partial charge is 0.00773 e. The van der Waals surface area contributed by atoms with Crippen molar-refractivity contribution < 1.29 is 0 Å². The largest absolute Gasteiger partial charge is 0.330 e. The Balaban J connectivity index is 2.18. The van der Waals surface area contributed by atoms with Gasteiger partial charge in [-0.1, -0.05) is 109 Å². The summed E-state index contributed by atoms with van der Waals surface area (Å²) in [5.41, 5.74) is 5.59. The number of hydrogen-bond donors (Lipinski definition) is 1. The lowest BCUT2D eigenvalue weighted by atomic mass is 9.89. The molecule has 1 saturated carbocycles. The van der Waals surface area contributed by atoms with Gasteiger partial charge in [0.15, 0.2) is 0 Å². The van der Waals surface area contributed by atoms with Crippen molar-refractivity contribution in [2.24, 2.45) is 11.7 Å². The lowest BCUT2D eigenvalue weighted by Gasteiger charge is -2.17. The summed E-state index contributed by atoms with van der Waals surface area (Å²) >= 11 is 0. The topological polar surface area (TPSA) is 26.0 Å². The van der Waals surface area contributed by atoms with Gasteiger partial charge in [-0.25, -0.2) is 0 Å². The fourth-order valence-corrected chi connectivity index (χ4v) is 4.00. The van der Waals surface area contributed by atoms with Gasteiger partial charge in [-0.15, -0.1) is 0 Å². The predicted octanol–water partition coefficient (Wildman–Crippen LogP) is 7.19. The molecule has 0 aromatic heterocycles. The molecular weight excluding hydrogens is 278 g/mol. The van der Waals surface area contributed by atoms with E-state index in [1.54, 1.807) is 0 Å². The Morgan fingerprint density at radius 2 is 1.22 bits per heavy atom. The molecule has 0 bridgehead atoms. The minimum Gasteiger partial charge on any atom is -0.330 e. The predicted molar refractivity (Wildman–Crippen MR) is 105 cm³/mol. The molecule has 1 fully saturated rings. The van der Waals surface area contributed by atoms with E-state index in [4.69, 9.17) is 5.73 Å². The first kappa shape index (κ1) is 21.0. The van der Waals surface area contributed by atoms with Gasteiger partial charge in [0.1, 0.15) is 0 Å². The molecule has 1 radical (unpaired) electrons. The van der Waals surface area contributed by atoms with Gasteiger partial charge >= 0.3 is 0 Å². The highest BCUT2D eigenvalue weighted by molar-refractivity contribution is 4.70. The first-order valence-electron chi connectivity index (χ1n) is 10.9. The SMILES string of the molecule is NCCCCCCC1CC[CH]CCCCCCCCCCCC1. The average molecular weight is 323 g/mol. The summed E-state index contributed by atoms with van der Waals surface area (Å²) in [7, 11) is 0. The van der Waals surface area contributed by atoms with Crippen LogP contribution in [0, 0.1) is 12.3 Å². The number of nitrogens with two attached hydrogens (primary N) is 1. The van der Waals surface area contributed by atoms with E-state index >= 15 is 0 Å². The maximum absolute atomic E-state index is 5.59. The molecule has 0 aliphatic heterocycles. The third kappa shape index (κ3) is 14.0. The minimum atomic E-state index is 0.873. The second-order valence-corrected chi connectivity index (χ2v) is 7.84. The molecule has 0 spiro atoms. The minimum absolute atomic E-state index is 0.873. The molecule has 1 heteroatoms. The van der Waals surface area contributed by atoms with Gasteiger partial charge < -0.3 is 5.73 Å². The quantitative estimate of drug-likeness (QED) is 0.514. The van der Waals surface area contributed by atoms with E-state index < -0.39 is 0 Å². The first-order valence-corrected chi connectivity index (χ1v) is 10.9. The fraction of sp³-hybridized carbons (Fsp3) is 0.955. The van der Waals surface area contributed by atoms with Crippen LogP contribution in [0.15, 0.2) is 0 Å². The zero-order valence-corrected chi connectivity index (χ0v) is 15.9. The van der Waals surface area contributed by atoms with Gasteiger partial charge in [0, 0.05) is 0 Å².